The number of carbonyl (C=O) groups is 1. The third kappa shape index (κ3) is 4.20. The van der Waals surface area contributed by atoms with Crippen molar-refractivity contribution in [1.29, 1.82) is 0 Å². The number of rotatable bonds is 6. The minimum absolute atomic E-state index is 0.165. The van der Waals surface area contributed by atoms with Gasteiger partial charge < -0.3 is 24.3 Å². The highest BCUT2D eigenvalue weighted by Crippen LogP contribution is 2.34. The lowest BCUT2D eigenvalue weighted by Crippen LogP contribution is -2.24. The molecule has 1 aliphatic rings. The van der Waals surface area contributed by atoms with Gasteiger partial charge in [-0.05, 0) is 42.1 Å². The zero-order valence-corrected chi connectivity index (χ0v) is 17.2. The van der Waals surface area contributed by atoms with Gasteiger partial charge in [-0.15, -0.1) is 0 Å². The number of hydrogen-bond acceptors (Lipinski definition) is 6. The van der Waals surface area contributed by atoms with E-state index in [2.05, 4.69) is 15.5 Å². The predicted octanol–water partition coefficient (Wildman–Crippen LogP) is 3.20. The lowest BCUT2D eigenvalue weighted by Gasteiger charge is -2.18. The molecule has 1 amide bonds. The van der Waals surface area contributed by atoms with Crippen LogP contribution in [0.25, 0.3) is 22.2 Å². The first kappa shape index (κ1) is 19.9. The molecule has 0 bridgehead atoms. The van der Waals surface area contributed by atoms with Crippen molar-refractivity contribution in [3.63, 3.8) is 0 Å². The summed E-state index contributed by atoms with van der Waals surface area (Å²) in [6.45, 7) is 1.28. The van der Waals surface area contributed by atoms with Crippen LogP contribution >= 0.6 is 0 Å². The highest BCUT2D eigenvalue weighted by Gasteiger charge is 2.15. The van der Waals surface area contributed by atoms with E-state index in [1.54, 1.807) is 6.07 Å². The number of nitrogens with zero attached hydrogens (tertiary/aromatic N) is 1. The summed E-state index contributed by atoms with van der Waals surface area (Å²) < 4.78 is 16.5. The maximum atomic E-state index is 12.3. The number of para-hydroxylation sites is 1. The van der Waals surface area contributed by atoms with E-state index in [0.29, 0.717) is 48.2 Å². The Morgan fingerprint density at radius 3 is 2.78 bits per heavy atom. The van der Waals surface area contributed by atoms with E-state index in [0.717, 1.165) is 16.5 Å². The molecule has 0 saturated carbocycles. The molecule has 0 atom stereocenters. The summed E-state index contributed by atoms with van der Waals surface area (Å²) in [4.78, 5) is 27.4. The summed E-state index contributed by atoms with van der Waals surface area (Å²) in [5.41, 5.74) is 2.62. The van der Waals surface area contributed by atoms with Crippen molar-refractivity contribution >= 4 is 16.8 Å². The van der Waals surface area contributed by atoms with Crippen molar-refractivity contribution in [3.05, 3.63) is 76.2 Å². The fraction of sp³-hybridized carbons (Fsp3) is 0.208. The number of fused-ring (bicyclic) bond motifs is 2. The third-order valence-corrected chi connectivity index (χ3v) is 5.30. The van der Waals surface area contributed by atoms with E-state index < -0.39 is 0 Å². The second-order valence-electron chi connectivity index (χ2n) is 7.53. The molecule has 8 heteroatoms. The van der Waals surface area contributed by atoms with E-state index in [4.69, 9.17) is 14.0 Å². The van der Waals surface area contributed by atoms with Crippen LogP contribution in [-0.4, -0.2) is 29.3 Å². The standard InChI is InChI=1S/C24H21N3O5/c28-23(8-6-17-11-15-3-1-2-4-19(15)26-24(17)29)25-14-18-13-21(32-27-18)16-5-7-20-22(12-16)31-10-9-30-20/h1-5,7,11-13H,6,8-10,14H2,(H,25,28)(H,26,29). The molecule has 0 radical (unpaired) electrons. The van der Waals surface area contributed by atoms with Gasteiger partial charge in [0.05, 0.1) is 6.54 Å². The normalized spacial score (nSPS) is 12.6. The number of hydrogen-bond donors (Lipinski definition) is 2. The summed E-state index contributed by atoms with van der Waals surface area (Å²) in [5, 5.41) is 7.79. The van der Waals surface area contributed by atoms with Gasteiger partial charge in [0.1, 0.15) is 18.9 Å². The molecule has 8 nitrogen and oxygen atoms in total. The number of H-pyrrole nitrogens is 1. The second kappa shape index (κ2) is 8.58. The number of aromatic amines is 1. The van der Waals surface area contributed by atoms with Gasteiger partial charge in [0.15, 0.2) is 17.3 Å². The lowest BCUT2D eigenvalue weighted by atomic mass is 10.1. The minimum atomic E-state index is -0.169. The van der Waals surface area contributed by atoms with Crippen molar-refractivity contribution in [2.75, 3.05) is 13.2 Å². The smallest absolute Gasteiger partial charge is 0.251 e. The predicted molar refractivity (Wildman–Crippen MR) is 118 cm³/mol. The van der Waals surface area contributed by atoms with Crippen LogP contribution in [0.5, 0.6) is 11.5 Å². The molecule has 32 heavy (non-hydrogen) atoms. The van der Waals surface area contributed by atoms with Gasteiger partial charge in [0.2, 0.25) is 5.91 Å². The Balaban J connectivity index is 1.18. The Kier molecular flexibility index (Phi) is 5.33. The van der Waals surface area contributed by atoms with Crippen LogP contribution in [0.15, 0.2) is 63.9 Å². The van der Waals surface area contributed by atoms with Crippen molar-refractivity contribution in [2.45, 2.75) is 19.4 Å². The summed E-state index contributed by atoms with van der Waals surface area (Å²) >= 11 is 0. The Hall–Kier alpha value is -4.07. The molecule has 2 aromatic heterocycles. The maximum absolute atomic E-state index is 12.3. The van der Waals surface area contributed by atoms with Crippen LogP contribution in [-0.2, 0) is 17.8 Å². The van der Waals surface area contributed by atoms with E-state index in [-0.39, 0.29) is 24.4 Å². The number of amides is 1. The van der Waals surface area contributed by atoms with E-state index in [1.807, 2.05) is 48.5 Å². The van der Waals surface area contributed by atoms with Gasteiger partial charge >= 0.3 is 0 Å². The lowest BCUT2D eigenvalue weighted by molar-refractivity contribution is -0.121. The first-order chi connectivity index (χ1) is 15.7. The SMILES string of the molecule is O=C(CCc1cc2ccccc2[nH]c1=O)NCc1cc(-c2ccc3c(c2)OCCO3)on1. The zero-order chi connectivity index (χ0) is 21.9. The van der Waals surface area contributed by atoms with Crippen LogP contribution in [0, 0.1) is 0 Å². The molecule has 3 heterocycles. The van der Waals surface area contributed by atoms with Crippen LogP contribution in [0.4, 0.5) is 0 Å². The number of aromatic nitrogens is 2. The Morgan fingerprint density at radius 2 is 1.88 bits per heavy atom. The van der Waals surface area contributed by atoms with E-state index in [1.165, 1.54) is 0 Å². The molecule has 1 aliphatic heterocycles. The first-order valence-electron chi connectivity index (χ1n) is 10.4. The fourth-order valence-corrected chi connectivity index (χ4v) is 3.63. The van der Waals surface area contributed by atoms with Gasteiger partial charge in [0, 0.05) is 29.1 Å². The number of carbonyl (C=O) groups excluding carboxylic acids is 1. The Morgan fingerprint density at radius 1 is 1.03 bits per heavy atom. The summed E-state index contributed by atoms with van der Waals surface area (Å²) in [5.74, 6) is 1.79. The molecule has 0 fully saturated rings. The number of aryl methyl sites for hydroxylation is 1. The summed E-state index contributed by atoms with van der Waals surface area (Å²) in [6.07, 6.45) is 0.557. The van der Waals surface area contributed by atoms with Crippen molar-refractivity contribution in [1.82, 2.24) is 15.5 Å². The van der Waals surface area contributed by atoms with Crippen molar-refractivity contribution in [2.24, 2.45) is 0 Å². The summed E-state index contributed by atoms with van der Waals surface area (Å²) in [6, 6.07) is 16.7. The number of nitrogens with one attached hydrogen (secondary N) is 2. The first-order valence-corrected chi connectivity index (χ1v) is 10.4. The quantitative estimate of drug-likeness (QED) is 0.486. The highest BCUT2D eigenvalue weighted by molar-refractivity contribution is 5.79. The zero-order valence-electron chi connectivity index (χ0n) is 17.2. The van der Waals surface area contributed by atoms with Crippen LogP contribution in [0.2, 0.25) is 0 Å². The molecule has 2 aromatic carbocycles. The molecule has 0 saturated heterocycles. The van der Waals surface area contributed by atoms with Gasteiger partial charge in [-0.2, -0.15) is 0 Å². The number of pyridine rings is 1. The van der Waals surface area contributed by atoms with Gasteiger partial charge in [-0.1, -0.05) is 23.4 Å². The molecule has 2 N–H and O–H groups in total. The molecular formula is C24H21N3O5. The maximum Gasteiger partial charge on any atom is 0.251 e. The average Bonchev–Trinajstić information content (AvgIpc) is 3.30. The van der Waals surface area contributed by atoms with Crippen LogP contribution < -0.4 is 20.3 Å². The second-order valence-corrected chi connectivity index (χ2v) is 7.53. The molecule has 5 rings (SSSR count). The topological polar surface area (TPSA) is 106 Å². The highest BCUT2D eigenvalue weighted by atomic mass is 16.6. The third-order valence-electron chi connectivity index (χ3n) is 5.30. The largest absolute Gasteiger partial charge is 0.486 e. The van der Waals surface area contributed by atoms with Crippen LogP contribution in [0.3, 0.4) is 0 Å². The average molecular weight is 431 g/mol. The van der Waals surface area contributed by atoms with E-state index in [9.17, 15) is 9.59 Å². The Labute approximate surface area is 183 Å². The Bertz CT molecular complexity index is 1340. The molecule has 162 valence electrons. The van der Waals surface area contributed by atoms with Crippen LogP contribution in [0.1, 0.15) is 17.7 Å². The van der Waals surface area contributed by atoms with Gasteiger partial charge in [0.25, 0.3) is 5.56 Å². The minimum Gasteiger partial charge on any atom is -0.486 e. The molecule has 0 spiro atoms. The monoisotopic (exact) mass is 431 g/mol. The molecular weight excluding hydrogens is 410 g/mol. The molecule has 4 aromatic rings. The number of benzene rings is 2. The fourth-order valence-electron chi connectivity index (χ4n) is 3.63. The molecule has 0 unspecified atom stereocenters. The van der Waals surface area contributed by atoms with Gasteiger partial charge in [-0.3, -0.25) is 9.59 Å². The van der Waals surface area contributed by atoms with Crippen molar-refractivity contribution < 1.29 is 18.8 Å². The van der Waals surface area contributed by atoms with Gasteiger partial charge in [-0.25, -0.2) is 0 Å². The number of ether oxygens (including phenoxy) is 2. The molecule has 0 aliphatic carbocycles. The summed E-state index contributed by atoms with van der Waals surface area (Å²) in [7, 11) is 0. The van der Waals surface area contributed by atoms with Crippen molar-refractivity contribution in [3.8, 4) is 22.8 Å². The van der Waals surface area contributed by atoms with E-state index >= 15 is 0 Å².